The van der Waals surface area contributed by atoms with Crippen LogP contribution in [0.1, 0.15) is 45.1 Å². The summed E-state index contributed by atoms with van der Waals surface area (Å²) < 4.78 is 11.8. The van der Waals surface area contributed by atoms with Crippen LogP contribution in [0.2, 0.25) is 0 Å². The SMILES string of the molecule is CC(=O)c1cccc(B2OC(C)(C)C(C)(C)O2)n1. The van der Waals surface area contributed by atoms with Crippen LogP contribution >= 0.6 is 0 Å². The molecule has 0 spiro atoms. The highest BCUT2D eigenvalue weighted by atomic mass is 16.7. The Balaban J connectivity index is 2.30. The zero-order valence-corrected chi connectivity index (χ0v) is 11.5. The summed E-state index contributed by atoms with van der Waals surface area (Å²) in [7, 11) is -0.519. The van der Waals surface area contributed by atoms with Gasteiger partial charge >= 0.3 is 7.12 Å². The first-order valence-electron chi connectivity index (χ1n) is 6.06. The molecule has 5 heteroatoms. The first-order valence-corrected chi connectivity index (χ1v) is 6.06. The molecule has 1 aromatic rings. The van der Waals surface area contributed by atoms with Crippen LogP contribution in [0.15, 0.2) is 18.2 Å². The van der Waals surface area contributed by atoms with E-state index in [0.717, 1.165) is 0 Å². The van der Waals surface area contributed by atoms with Crippen molar-refractivity contribution in [2.45, 2.75) is 45.8 Å². The summed E-state index contributed by atoms with van der Waals surface area (Å²) in [5.74, 6) is -0.0617. The van der Waals surface area contributed by atoms with Crippen molar-refractivity contribution < 1.29 is 14.1 Å². The fraction of sp³-hybridized carbons (Fsp3) is 0.538. The Kier molecular flexibility index (Phi) is 3.07. The third-order valence-corrected chi connectivity index (χ3v) is 3.63. The van der Waals surface area contributed by atoms with Crippen LogP contribution in [-0.4, -0.2) is 29.1 Å². The second-order valence-corrected chi connectivity index (χ2v) is 5.59. The molecule has 0 radical (unpaired) electrons. The molecule has 18 heavy (non-hydrogen) atoms. The van der Waals surface area contributed by atoms with Gasteiger partial charge in [-0.15, -0.1) is 0 Å². The molecule has 0 aromatic carbocycles. The number of rotatable bonds is 2. The van der Waals surface area contributed by atoms with Gasteiger partial charge in [0.1, 0.15) is 5.69 Å². The molecule has 1 aliphatic heterocycles. The molecule has 4 nitrogen and oxygen atoms in total. The molecule has 0 N–H and O–H groups in total. The number of carbonyl (C=O) groups excluding carboxylic acids is 1. The highest BCUT2D eigenvalue weighted by Gasteiger charge is 2.52. The molecule has 0 unspecified atom stereocenters. The Morgan fingerprint density at radius 1 is 1.17 bits per heavy atom. The Hall–Kier alpha value is -1.20. The van der Waals surface area contributed by atoms with Gasteiger partial charge in [0.15, 0.2) is 5.78 Å². The summed E-state index contributed by atoms with van der Waals surface area (Å²) in [6.07, 6.45) is 0. The van der Waals surface area contributed by atoms with Crippen LogP contribution in [-0.2, 0) is 9.31 Å². The summed E-state index contributed by atoms with van der Waals surface area (Å²) in [5, 5.41) is 0. The van der Waals surface area contributed by atoms with Crippen LogP contribution in [0.5, 0.6) is 0 Å². The lowest BCUT2D eigenvalue weighted by molar-refractivity contribution is 0.00578. The van der Waals surface area contributed by atoms with Crippen molar-refractivity contribution in [3.05, 3.63) is 23.9 Å². The second kappa shape index (κ2) is 4.18. The molecule has 0 aliphatic carbocycles. The molecule has 0 bridgehead atoms. The Morgan fingerprint density at radius 2 is 1.72 bits per heavy atom. The number of nitrogens with zero attached hydrogens (tertiary/aromatic N) is 1. The van der Waals surface area contributed by atoms with E-state index < -0.39 is 18.3 Å². The standard InChI is InChI=1S/C13H18BNO3/c1-9(16)10-7-6-8-11(15-10)14-17-12(2,3)13(4,5)18-14/h6-8H,1-5H3. The van der Waals surface area contributed by atoms with Crippen LogP contribution < -0.4 is 5.59 Å². The molecule has 0 atom stereocenters. The summed E-state index contributed by atoms with van der Waals surface area (Å²) in [6, 6.07) is 5.30. The molecule has 1 fully saturated rings. The van der Waals surface area contributed by atoms with Crippen molar-refractivity contribution in [1.29, 1.82) is 0 Å². The average Bonchev–Trinajstić information content (AvgIpc) is 2.48. The van der Waals surface area contributed by atoms with Crippen molar-refractivity contribution in [1.82, 2.24) is 4.98 Å². The van der Waals surface area contributed by atoms with Crippen molar-refractivity contribution >= 4 is 18.5 Å². The van der Waals surface area contributed by atoms with E-state index in [1.54, 1.807) is 12.1 Å². The van der Waals surface area contributed by atoms with Crippen LogP contribution in [0.25, 0.3) is 0 Å². The molecule has 1 aromatic heterocycles. The van der Waals surface area contributed by atoms with Gasteiger partial charge in [-0.05, 0) is 39.8 Å². The molecular weight excluding hydrogens is 229 g/mol. The minimum absolute atomic E-state index is 0.0617. The number of hydrogen-bond acceptors (Lipinski definition) is 4. The van der Waals surface area contributed by atoms with Gasteiger partial charge in [-0.3, -0.25) is 9.78 Å². The van der Waals surface area contributed by atoms with E-state index in [9.17, 15) is 4.79 Å². The third kappa shape index (κ3) is 2.20. The minimum Gasteiger partial charge on any atom is -0.398 e. The molecule has 2 heterocycles. The van der Waals surface area contributed by atoms with Crippen LogP contribution in [0, 0.1) is 0 Å². The molecule has 1 saturated heterocycles. The van der Waals surface area contributed by atoms with Crippen molar-refractivity contribution in [2.24, 2.45) is 0 Å². The number of hydrogen-bond donors (Lipinski definition) is 0. The lowest BCUT2D eigenvalue weighted by atomic mass is 9.84. The van der Waals surface area contributed by atoms with E-state index in [0.29, 0.717) is 11.3 Å². The fourth-order valence-corrected chi connectivity index (χ4v) is 1.74. The highest BCUT2D eigenvalue weighted by molar-refractivity contribution is 6.61. The maximum Gasteiger partial charge on any atom is 0.514 e. The monoisotopic (exact) mass is 247 g/mol. The Morgan fingerprint density at radius 3 is 2.22 bits per heavy atom. The Labute approximate surface area is 108 Å². The van der Waals surface area contributed by atoms with Gasteiger partial charge in [-0.2, -0.15) is 0 Å². The van der Waals surface area contributed by atoms with Crippen LogP contribution in [0.4, 0.5) is 0 Å². The van der Waals surface area contributed by atoms with E-state index in [4.69, 9.17) is 9.31 Å². The predicted molar refractivity (Wildman–Crippen MR) is 70.0 cm³/mol. The maximum absolute atomic E-state index is 11.3. The lowest BCUT2D eigenvalue weighted by Gasteiger charge is -2.32. The van der Waals surface area contributed by atoms with Crippen molar-refractivity contribution in [3.63, 3.8) is 0 Å². The van der Waals surface area contributed by atoms with Crippen molar-refractivity contribution in [2.75, 3.05) is 0 Å². The molecule has 96 valence electrons. The van der Waals surface area contributed by atoms with E-state index in [1.807, 2.05) is 33.8 Å². The molecular formula is C13H18BNO3. The molecule has 1 aliphatic rings. The second-order valence-electron chi connectivity index (χ2n) is 5.59. The zero-order chi connectivity index (χ0) is 13.6. The first-order chi connectivity index (χ1) is 8.23. The summed E-state index contributed by atoms with van der Waals surface area (Å²) >= 11 is 0. The Bertz CT molecular complexity index is 469. The van der Waals surface area contributed by atoms with E-state index in [-0.39, 0.29) is 5.78 Å². The number of carbonyl (C=O) groups is 1. The predicted octanol–water partition coefficient (Wildman–Crippen LogP) is 1.58. The van der Waals surface area contributed by atoms with Crippen molar-refractivity contribution in [3.8, 4) is 0 Å². The maximum atomic E-state index is 11.3. The third-order valence-electron chi connectivity index (χ3n) is 3.63. The highest BCUT2D eigenvalue weighted by Crippen LogP contribution is 2.36. The number of pyridine rings is 1. The summed E-state index contributed by atoms with van der Waals surface area (Å²) in [5.41, 5.74) is 0.278. The molecule has 2 rings (SSSR count). The summed E-state index contributed by atoms with van der Waals surface area (Å²) in [6.45, 7) is 9.45. The quantitative estimate of drug-likeness (QED) is 0.588. The fourth-order valence-electron chi connectivity index (χ4n) is 1.74. The average molecular weight is 247 g/mol. The van der Waals surface area contributed by atoms with E-state index in [1.165, 1.54) is 6.92 Å². The van der Waals surface area contributed by atoms with Gasteiger partial charge in [0.2, 0.25) is 0 Å². The number of aromatic nitrogens is 1. The molecule has 0 amide bonds. The lowest BCUT2D eigenvalue weighted by Crippen LogP contribution is -2.41. The zero-order valence-electron chi connectivity index (χ0n) is 11.5. The van der Waals surface area contributed by atoms with Crippen LogP contribution in [0.3, 0.4) is 0 Å². The minimum atomic E-state index is -0.519. The topological polar surface area (TPSA) is 48.4 Å². The van der Waals surface area contributed by atoms with Gasteiger partial charge in [-0.25, -0.2) is 0 Å². The number of Topliss-reactive ketones (excluding diaryl/α,β-unsaturated/α-hetero) is 1. The largest absolute Gasteiger partial charge is 0.514 e. The first kappa shape index (κ1) is 13.2. The van der Waals surface area contributed by atoms with Gasteiger partial charge in [0.05, 0.1) is 16.8 Å². The van der Waals surface area contributed by atoms with Gasteiger partial charge in [0.25, 0.3) is 0 Å². The van der Waals surface area contributed by atoms with E-state index in [2.05, 4.69) is 4.98 Å². The summed E-state index contributed by atoms with van der Waals surface area (Å²) in [4.78, 5) is 15.6. The molecule has 0 saturated carbocycles. The van der Waals surface area contributed by atoms with Gasteiger partial charge < -0.3 is 9.31 Å². The normalized spacial score (nSPS) is 21.1. The van der Waals surface area contributed by atoms with E-state index >= 15 is 0 Å². The smallest absolute Gasteiger partial charge is 0.398 e. The number of ketones is 1. The van der Waals surface area contributed by atoms with Gasteiger partial charge in [-0.1, -0.05) is 6.07 Å². The van der Waals surface area contributed by atoms with Gasteiger partial charge in [0, 0.05) is 6.92 Å².